The molecule has 1 unspecified atom stereocenters. The Bertz CT molecular complexity index is 617. The molecular formula is C20H30N2O3. The molecule has 1 aromatic carbocycles. The minimum absolute atomic E-state index is 0.242. The molecule has 2 aliphatic heterocycles. The fraction of sp³-hybridized carbons (Fsp3) is 0.650. The third kappa shape index (κ3) is 4.27. The Kier molecular flexibility index (Phi) is 5.84. The van der Waals surface area contributed by atoms with Gasteiger partial charge in [-0.15, -0.1) is 0 Å². The average Bonchev–Trinajstić information content (AvgIpc) is 2.80. The predicted octanol–water partition coefficient (Wildman–Crippen LogP) is 2.85. The van der Waals surface area contributed by atoms with Crippen LogP contribution in [0, 0.1) is 0 Å². The lowest BCUT2D eigenvalue weighted by atomic mass is 10.1. The first kappa shape index (κ1) is 18.1. The summed E-state index contributed by atoms with van der Waals surface area (Å²) in [4.78, 5) is 16.4. The zero-order valence-electron chi connectivity index (χ0n) is 15.7. The standard InChI is InChI=1S/C20H30N2O3/c1-4-20(23)22-8-6-7-21(9-10-22)14-17-13-19-16(11-15(3)25-19)12-18(17)24-5-2/h12-13,15H,4-11,14H2,1-3H3. The quantitative estimate of drug-likeness (QED) is 0.822. The Hall–Kier alpha value is -1.75. The molecule has 0 bridgehead atoms. The van der Waals surface area contributed by atoms with Crippen LogP contribution in [0.25, 0.3) is 0 Å². The van der Waals surface area contributed by atoms with Gasteiger partial charge in [-0.3, -0.25) is 9.69 Å². The zero-order valence-corrected chi connectivity index (χ0v) is 15.7. The third-order valence-electron chi connectivity index (χ3n) is 5.02. The van der Waals surface area contributed by atoms with E-state index >= 15 is 0 Å². The summed E-state index contributed by atoms with van der Waals surface area (Å²) in [5.41, 5.74) is 2.43. The van der Waals surface area contributed by atoms with Gasteiger partial charge in [-0.1, -0.05) is 6.92 Å². The van der Waals surface area contributed by atoms with Crippen molar-refractivity contribution in [2.75, 3.05) is 32.8 Å². The highest BCUT2D eigenvalue weighted by atomic mass is 16.5. The van der Waals surface area contributed by atoms with E-state index in [0.29, 0.717) is 13.0 Å². The molecule has 1 aromatic rings. The van der Waals surface area contributed by atoms with E-state index < -0.39 is 0 Å². The van der Waals surface area contributed by atoms with E-state index in [0.717, 1.165) is 57.1 Å². The summed E-state index contributed by atoms with van der Waals surface area (Å²) < 4.78 is 11.8. The lowest BCUT2D eigenvalue weighted by Gasteiger charge is -2.23. The van der Waals surface area contributed by atoms with Crippen LogP contribution in [0.5, 0.6) is 11.5 Å². The Labute approximate surface area is 150 Å². The first-order chi connectivity index (χ1) is 12.1. The highest BCUT2D eigenvalue weighted by Crippen LogP contribution is 2.35. The Morgan fingerprint density at radius 2 is 2.08 bits per heavy atom. The molecule has 0 N–H and O–H groups in total. The van der Waals surface area contributed by atoms with Gasteiger partial charge in [0.1, 0.15) is 17.6 Å². The number of hydrogen-bond acceptors (Lipinski definition) is 4. The summed E-state index contributed by atoms with van der Waals surface area (Å²) in [5, 5.41) is 0. The summed E-state index contributed by atoms with van der Waals surface area (Å²) in [7, 11) is 0. The molecule has 0 aromatic heterocycles. The highest BCUT2D eigenvalue weighted by Gasteiger charge is 2.24. The molecule has 0 aliphatic carbocycles. The summed E-state index contributed by atoms with van der Waals surface area (Å²) >= 11 is 0. The molecule has 1 amide bonds. The van der Waals surface area contributed by atoms with Crippen molar-refractivity contribution < 1.29 is 14.3 Å². The van der Waals surface area contributed by atoms with Crippen molar-refractivity contribution in [3.05, 3.63) is 23.3 Å². The van der Waals surface area contributed by atoms with E-state index in [2.05, 4.69) is 24.0 Å². The van der Waals surface area contributed by atoms with Crippen molar-refractivity contribution in [1.82, 2.24) is 9.80 Å². The van der Waals surface area contributed by atoms with Gasteiger partial charge in [0.05, 0.1) is 6.61 Å². The van der Waals surface area contributed by atoms with Gasteiger partial charge in [0, 0.05) is 56.7 Å². The van der Waals surface area contributed by atoms with E-state index in [-0.39, 0.29) is 12.0 Å². The van der Waals surface area contributed by atoms with Gasteiger partial charge < -0.3 is 14.4 Å². The van der Waals surface area contributed by atoms with E-state index in [9.17, 15) is 4.79 Å². The summed E-state index contributed by atoms with van der Waals surface area (Å²) in [6.07, 6.45) is 2.81. The van der Waals surface area contributed by atoms with Crippen LogP contribution in [0.4, 0.5) is 0 Å². The number of fused-ring (bicyclic) bond motifs is 1. The van der Waals surface area contributed by atoms with E-state index in [1.165, 1.54) is 11.1 Å². The van der Waals surface area contributed by atoms with Crippen LogP contribution in [-0.4, -0.2) is 54.6 Å². The molecule has 0 saturated carbocycles. The van der Waals surface area contributed by atoms with Crippen LogP contribution < -0.4 is 9.47 Å². The van der Waals surface area contributed by atoms with Gasteiger partial charge in [0.15, 0.2) is 0 Å². The van der Waals surface area contributed by atoms with Crippen LogP contribution in [0.1, 0.15) is 44.7 Å². The fourth-order valence-electron chi connectivity index (χ4n) is 3.74. The normalized spacial score (nSPS) is 20.8. The second-order valence-corrected chi connectivity index (χ2v) is 7.00. The van der Waals surface area contributed by atoms with Gasteiger partial charge in [-0.25, -0.2) is 0 Å². The minimum Gasteiger partial charge on any atom is -0.494 e. The highest BCUT2D eigenvalue weighted by molar-refractivity contribution is 5.75. The van der Waals surface area contributed by atoms with Crippen LogP contribution >= 0.6 is 0 Å². The number of nitrogens with zero attached hydrogens (tertiary/aromatic N) is 2. The SMILES string of the molecule is CCOc1cc2c(cc1CN1CCCN(C(=O)CC)CC1)OC(C)C2. The third-order valence-corrected chi connectivity index (χ3v) is 5.02. The van der Waals surface area contributed by atoms with Crippen LogP contribution in [0.3, 0.4) is 0 Å². The first-order valence-electron chi connectivity index (χ1n) is 9.56. The number of carbonyl (C=O) groups is 1. The molecule has 3 rings (SSSR count). The largest absolute Gasteiger partial charge is 0.494 e. The molecule has 2 aliphatic rings. The Morgan fingerprint density at radius 3 is 2.84 bits per heavy atom. The number of amides is 1. The number of benzene rings is 1. The molecule has 2 heterocycles. The van der Waals surface area contributed by atoms with Crippen molar-refractivity contribution in [2.24, 2.45) is 0 Å². The maximum absolute atomic E-state index is 12.0. The fourth-order valence-corrected chi connectivity index (χ4v) is 3.74. The van der Waals surface area contributed by atoms with Gasteiger partial charge in [-0.2, -0.15) is 0 Å². The number of hydrogen-bond donors (Lipinski definition) is 0. The van der Waals surface area contributed by atoms with E-state index in [1.54, 1.807) is 0 Å². The topological polar surface area (TPSA) is 42.0 Å². The number of ether oxygens (including phenoxy) is 2. The zero-order chi connectivity index (χ0) is 17.8. The summed E-state index contributed by atoms with van der Waals surface area (Å²) in [6, 6.07) is 4.31. The molecule has 0 spiro atoms. The van der Waals surface area contributed by atoms with E-state index in [4.69, 9.17) is 9.47 Å². The second-order valence-electron chi connectivity index (χ2n) is 7.00. The van der Waals surface area contributed by atoms with Crippen molar-refractivity contribution in [1.29, 1.82) is 0 Å². The van der Waals surface area contributed by atoms with Crippen LogP contribution in [0.2, 0.25) is 0 Å². The van der Waals surface area contributed by atoms with Gasteiger partial charge in [-0.05, 0) is 32.4 Å². The second kappa shape index (κ2) is 8.09. The van der Waals surface area contributed by atoms with E-state index in [1.807, 2.05) is 18.7 Å². The Morgan fingerprint density at radius 1 is 1.24 bits per heavy atom. The number of carbonyl (C=O) groups excluding carboxylic acids is 1. The van der Waals surface area contributed by atoms with Gasteiger partial charge in [0.2, 0.25) is 5.91 Å². The lowest BCUT2D eigenvalue weighted by molar-refractivity contribution is -0.130. The maximum Gasteiger partial charge on any atom is 0.222 e. The monoisotopic (exact) mass is 346 g/mol. The molecule has 25 heavy (non-hydrogen) atoms. The van der Waals surface area contributed by atoms with Crippen LogP contribution in [-0.2, 0) is 17.8 Å². The average molecular weight is 346 g/mol. The summed E-state index contributed by atoms with van der Waals surface area (Å²) in [5.74, 6) is 2.24. The molecule has 1 saturated heterocycles. The smallest absolute Gasteiger partial charge is 0.222 e. The molecule has 5 heteroatoms. The lowest BCUT2D eigenvalue weighted by Crippen LogP contribution is -2.34. The Balaban J connectivity index is 1.71. The molecule has 5 nitrogen and oxygen atoms in total. The molecule has 138 valence electrons. The van der Waals surface area contributed by atoms with Gasteiger partial charge in [0.25, 0.3) is 0 Å². The maximum atomic E-state index is 12.0. The van der Waals surface area contributed by atoms with Crippen molar-refractivity contribution >= 4 is 5.91 Å². The van der Waals surface area contributed by atoms with Crippen molar-refractivity contribution in [3.8, 4) is 11.5 Å². The molecule has 1 fully saturated rings. The summed E-state index contributed by atoms with van der Waals surface area (Å²) in [6.45, 7) is 11.2. The van der Waals surface area contributed by atoms with Gasteiger partial charge >= 0.3 is 0 Å². The van der Waals surface area contributed by atoms with Crippen molar-refractivity contribution in [3.63, 3.8) is 0 Å². The molecule has 1 atom stereocenters. The van der Waals surface area contributed by atoms with Crippen molar-refractivity contribution in [2.45, 2.75) is 52.7 Å². The molecular weight excluding hydrogens is 316 g/mol. The first-order valence-corrected chi connectivity index (χ1v) is 9.56. The predicted molar refractivity (Wildman–Crippen MR) is 98.2 cm³/mol. The van der Waals surface area contributed by atoms with Crippen LogP contribution in [0.15, 0.2) is 12.1 Å². The number of rotatable bonds is 5. The molecule has 0 radical (unpaired) electrons. The minimum atomic E-state index is 0.242.